The Kier molecular flexibility index (Phi) is 7.64. The van der Waals surface area contributed by atoms with Gasteiger partial charge in [-0.05, 0) is 58.7 Å². The highest BCUT2D eigenvalue weighted by atomic mass is 32.1. The van der Waals surface area contributed by atoms with E-state index in [1.165, 1.54) is 25.7 Å². The maximum Gasteiger partial charge on any atom is 0.160 e. The van der Waals surface area contributed by atoms with E-state index < -0.39 is 0 Å². The highest BCUT2D eigenvalue weighted by molar-refractivity contribution is 7.26. The number of pyridine rings is 1. The molecule has 0 fully saturated rings. The molecule has 0 saturated heterocycles. The van der Waals surface area contributed by atoms with Gasteiger partial charge in [0.15, 0.2) is 5.82 Å². The lowest BCUT2D eigenvalue weighted by Gasteiger charge is -2.12. The third-order valence-corrected chi connectivity index (χ3v) is 11.9. The fraction of sp³-hybridized carbons (Fsp3) is 0. The standard InChI is InChI=1S/C51H31N3OS/c1-2-9-35(10-3-1)44-31-45(54-51(53-44)37-23-17-32(18-24-37)33-27-29-52-30-28-33)36-21-19-34(20-22-36)38-25-26-40(49-48(38)43-12-4-6-15-46(43)55-49)42-14-8-13-41-39-11-5-7-16-47(39)56-50(41)42/h1-31H. The zero-order valence-corrected chi connectivity index (χ0v) is 30.9. The van der Waals surface area contributed by atoms with Crippen LogP contribution in [0.4, 0.5) is 0 Å². The van der Waals surface area contributed by atoms with E-state index in [9.17, 15) is 0 Å². The summed E-state index contributed by atoms with van der Waals surface area (Å²) in [5.74, 6) is 0.683. The van der Waals surface area contributed by atoms with Crippen LogP contribution in [0.15, 0.2) is 193 Å². The SMILES string of the molecule is c1ccc(-c2cc(-c3ccc(-c4ccc(-c5cccc6c5sc5ccccc56)c5oc6ccccc6c45)cc3)nc(-c3ccc(-c4ccncc4)cc3)n2)cc1. The molecule has 4 aromatic heterocycles. The molecule has 11 aromatic rings. The highest BCUT2D eigenvalue weighted by Crippen LogP contribution is 2.46. The number of benzene rings is 7. The van der Waals surface area contributed by atoms with Gasteiger partial charge in [-0.1, -0.05) is 140 Å². The molecular weight excluding hydrogens is 703 g/mol. The topological polar surface area (TPSA) is 51.8 Å². The van der Waals surface area contributed by atoms with Crippen LogP contribution in [-0.2, 0) is 0 Å². The van der Waals surface area contributed by atoms with E-state index in [4.69, 9.17) is 14.4 Å². The summed E-state index contributed by atoms with van der Waals surface area (Å²) < 4.78 is 9.31. The largest absolute Gasteiger partial charge is 0.455 e. The summed E-state index contributed by atoms with van der Waals surface area (Å²) in [6.07, 6.45) is 3.63. The lowest BCUT2D eigenvalue weighted by atomic mass is 9.93. The molecule has 0 saturated carbocycles. The van der Waals surface area contributed by atoms with Crippen LogP contribution >= 0.6 is 11.3 Å². The van der Waals surface area contributed by atoms with Gasteiger partial charge in [-0.3, -0.25) is 4.98 Å². The van der Waals surface area contributed by atoms with Crippen molar-refractivity contribution >= 4 is 53.4 Å². The zero-order chi connectivity index (χ0) is 37.0. The number of nitrogens with zero attached hydrogens (tertiary/aromatic N) is 3. The first-order valence-electron chi connectivity index (χ1n) is 18.7. The van der Waals surface area contributed by atoms with Crippen LogP contribution in [0, 0.1) is 0 Å². The maximum atomic E-state index is 6.74. The van der Waals surface area contributed by atoms with Crippen molar-refractivity contribution in [2.24, 2.45) is 0 Å². The summed E-state index contributed by atoms with van der Waals surface area (Å²) in [7, 11) is 0. The Morgan fingerprint density at radius 2 is 1.02 bits per heavy atom. The first kappa shape index (κ1) is 32.2. The second-order valence-electron chi connectivity index (χ2n) is 14.0. The minimum atomic E-state index is 0.683. The Morgan fingerprint density at radius 1 is 0.411 bits per heavy atom. The molecule has 5 heteroatoms. The Bertz CT molecular complexity index is 3220. The summed E-state index contributed by atoms with van der Waals surface area (Å²) in [6.45, 7) is 0. The monoisotopic (exact) mass is 733 g/mol. The summed E-state index contributed by atoms with van der Waals surface area (Å²) in [6, 6.07) is 61.7. The molecule has 7 aromatic carbocycles. The van der Waals surface area contributed by atoms with Crippen molar-refractivity contribution in [2.75, 3.05) is 0 Å². The van der Waals surface area contributed by atoms with Crippen LogP contribution < -0.4 is 0 Å². The van der Waals surface area contributed by atoms with Gasteiger partial charge in [-0.2, -0.15) is 0 Å². The predicted octanol–water partition coefficient (Wildman–Crippen LogP) is 14.1. The minimum Gasteiger partial charge on any atom is -0.455 e. The molecule has 56 heavy (non-hydrogen) atoms. The van der Waals surface area contributed by atoms with Crippen molar-refractivity contribution in [3.8, 4) is 67.3 Å². The number of thiophene rings is 1. The van der Waals surface area contributed by atoms with E-state index in [0.29, 0.717) is 5.82 Å². The van der Waals surface area contributed by atoms with Crippen molar-refractivity contribution in [3.05, 3.63) is 188 Å². The predicted molar refractivity (Wildman–Crippen MR) is 233 cm³/mol. The lowest BCUT2D eigenvalue weighted by molar-refractivity contribution is 0.670. The van der Waals surface area contributed by atoms with E-state index in [0.717, 1.165) is 77.8 Å². The molecule has 11 rings (SSSR count). The van der Waals surface area contributed by atoms with Gasteiger partial charge < -0.3 is 4.42 Å². The molecule has 4 nitrogen and oxygen atoms in total. The molecule has 0 aliphatic heterocycles. The Balaban J connectivity index is 1.02. The number of furan rings is 1. The summed E-state index contributed by atoms with van der Waals surface area (Å²) >= 11 is 1.84. The normalized spacial score (nSPS) is 11.6. The van der Waals surface area contributed by atoms with Crippen molar-refractivity contribution in [3.63, 3.8) is 0 Å². The van der Waals surface area contributed by atoms with Crippen LogP contribution in [0.3, 0.4) is 0 Å². The fourth-order valence-electron chi connectivity index (χ4n) is 7.90. The van der Waals surface area contributed by atoms with E-state index >= 15 is 0 Å². The third kappa shape index (κ3) is 5.48. The number of hydrogen-bond acceptors (Lipinski definition) is 5. The first-order chi connectivity index (χ1) is 27.7. The molecule has 0 radical (unpaired) electrons. The smallest absolute Gasteiger partial charge is 0.160 e. The summed E-state index contributed by atoms with van der Waals surface area (Å²) in [5.41, 5.74) is 13.3. The van der Waals surface area contributed by atoms with Gasteiger partial charge in [0, 0.05) is 71.2 Å². The van der Waals surface area contributed by atoms with Gasteiger partial charge in [0.25, 0.3) is 0 Å². The van der Waals surface area contributed by atoms with E-state index in [1.54, 1.807) is 0 Å². The molecule has 0 aliphatic carbocycles. The van der Waals surface area contributed by atoms with E-state index in [1.807, 2.05) is 60.1 Å². The highest BCUT2D eigenvalue weighted by Gasteiger charge is 2.20. The van der Waals surface area contributed by atoms with Crippen molar-refractivity contribution < 1.29 is 4.42 Å². The second-order valence-corrected chi connectivity index (χ2v) is 15.0. The fourth-order valence-corrected chi connectivity index (χ4v) is 9.13. The number of fused-ring (bicyclic) bond motifs is 6. The van der Waals surface area contributed by atoms with Crippen LogP contribution in [0.25, 0.3) is 109 Å². The molecule has 262 valence electrons. The molecular formula is C51H31N3OS. The summed E-state index contributed by atoms with van der Waals surface area (Å²) in [5, 5.41) is 4.79. The lowest BCUT2D eigenvalue weighted by Crippen LogP contribution is -1.96. The Hall–Kier alpha value is -7.21. The summed E-state index contributed by atoms with van der Waals surface area (Å²) in [4.78, 5) is 14.4. The average molecular weight is 734 g/mol. The molecule has 0 N–H and O–H groups in total. The van der Waals surface area contributed by atoms with Crippen molar-refractivity contribution in [2.45, 2.75) is 0 Å². The van der Waals surface area contributed by atoms with Crippen LogP contribution in [0.5, 0.6) is 0 Å². The molecule has 4 heterocycles. The first-order valence-corrected chi connectivity index (χ1v) is 19.5. The second kappa shape index (κ2) is 13.3. The molecule has 0 atom stereocenters. The Labute approximate surface area is 327 Å². The molecule has 0 bridgehead atoms. The molecule has 0 spiro atoms. The number of para-hydroxylation sites is 1. The number of hydrogen-bond donors (Lipinski definition) is 0. The van der Waals surface area contributed by atoms with Crippen LogP contribution in [0.2, 0.25) is 0 Å². The molecule has 0 unspecified atom stereocenters. The van der Waals surface area contributed by atoms with Gasteiger partial charge in [-0.15, -0.1) is 11.3 Å². The van der Waals surface area contributed by atoms with Gasteiger partial charge in [0.05, 0.1) is 11.4 Å². The van der Waals surface area contributed by atoms with E-state index in [2.05, 4.69) is 145 Å². The average Bonchev–Trinajstić information content (AvgIpc) is 3.86. The number of aromatic nitrogens is 3. The molecule has 0 aliphatic rings. The zero-order valence-electron chi connectivity index (χ0n) is 30.1. The Morgan fingerprint density at radius 3 is 1.82 bits per heavy atom. The van der Waals surface area contributed by atoms with Gasteiger partial charge in [-0.25, -0.2) is 9.97 Å². The van der Waals surface area contributed by atoms with Gasteiger partial charge in [0.1, 0.15) is 11.2 Å². The molecule has 0 amide bonds. The van der Waals surface area contributed by atoms with E-state index in [-0.39, 0.29) is 0 Å². The maximum absolute atomic E-state index is 6.74. The van der Waals surface area contributed by atoms with Gasteiger partial charge in [0.2, 0.25) is 0 Å². The van der Waals surface area contributed by atoms with Crippen LogP contribution in [-0.4, -0.2) is 15.0 Å². The van der Waals surface area contributed by atoms with Crippen molar-refractivity contribution in [1.29, 1.82) is 0 Å². The minimum absolute atomic E-state index is 0.683. The number of rotatable bonds is 6. The van der Waals surface area contributed by atoms with Gasteiger partial charge >= 0.3 is 0 Å². The quantitative estimate of drug-likeness (QED) is 0.171. The van der Waals surface area contributed by atoms with Crippen molar-refractivity contribution in [1.82, 2.24) is 15.0 Å². The third-order valence-electron chi connectivity index (χ3n) is 10.7. The van der Waals surface area contributed by atoms with Crippen LogP contribution in [0.1, 0.15) is 0 Å².